The van der Waals surface area contributed by atoms with Crippen molar-refractivity contribution in [1.29, 1.82) is 0 Å². The molecule has 2 N–H and O–H groups in total. The summed E-state index contributed by atoms with van der Waals surface area (Å²) in [4.78, 5) is 15.4. The lowest BCUT2D eigenvalue weighted by molar-refractivity contribution is 0.0999. The molecule has 12 heavy (non-hydrogen) atoms. The molecule has 0 radical (unpaired) electrons. The lowest BCUT2D eigenvalue weighted by atomic mass is 10.0. The first-order valence-electron chi connectivity index (χ1n) is 3.72. The molecule has 1 aromatic rings. The third-order valence-corrected chi connectivity index (χ3v) is 1.81. The summed E-state index contributed by atoms with van der Waals surface area (Å²) in [5, 5.41) is 0. The number of benzene rings is 1. The number of rotatable bonds is 0. The number of aliphatic imine (C=N–C) groups is 1. The average molecular weight is 160 g/mol. The highest BCUT2D eigenvalue weighted by Gasteiger charge is 2.16. The molecule has 0 atom stereocenters. The number of nitrogens with two attached hydrogens (primary N) is 1. The van der Waals surface area contributed by atoms with Gasteiger partial charge in [-0.05, 0) is 12.1 Å². The summed E-state index contributed by atoms with van der Waals surface area (Å²) in [6, 6.07) is 7.23. The Morgan fingerprint density at radius 2 is 2.08 bits per heavy atom. The molecule has 0 aliphatic carbocycles. The van der Waals surface area contributed by atoms with Crippen molar-refractivity contribution in [3.8, 4) is 0 Å². The molecule has 1 aliphatic heterocycles. The highest BCUT2D eigenvalue weighted by molar-refractivity contribution is 6.14. The van der Waals surface area contributed by atoms with Crippen molar-refractivity contribution in [3.63, 3.8) is 0 Å². The Bertz CT molecular complexity index is 369. The fourth-order valence-electron chi connectivity index (χ4n) is 1.26. The summed E-state index contributed by atoms with van der Waals surface area (Å²) in [7, 11) is 0. The van der Waals surface area contributed by atoms with E-state index >= 15 is 0 Å². The molecule has 3 nitrogen and oxygen atoms in total. The zero-order chi connectivity index (χ0) is 8.55. The van der Waals surface area contributed by atoms with Crippen molar-refractivity contribution in [1.82, 2.24) is 0 Å². The normalized spacial score (nSPS) is 15.3. The molecule has 0 saturated heterocycles. The molecule has 0 fully saturated rings. The van der Waals surface area contributed by atoms with E-state index in [1.807, 2.05) is 12.1 Å². The minimum atomic E-state index is 0.0538. The molecule has 3 heteroatoms. The quantitative estimate of drug-likeness (QED) is 0.621. The zero-order valence-electron chi connectivity index (χ0n) is 6.45. The summed E-state index contributed by atoms with van der Waals surface area (Å²) in [6.07, 6.45) is 0.247. The first-order valence-corrected chi connectivity index (χ1v) is 3.72. The molecular weight excluding hydrogens is 152 g/mol. The maximum Gasteiger partial charge on any atom is 0.172 e. The van der Waals surface area contributed by atoms with Crippen LogP contribution >= 0.6 is 0 Å². The van der Waals surface area contributed by atoms with Gasteiger partial charge >= 0.3 is 0 Å². The summed E-state index contributed by atoms with van der Waals surface area (Å²) in [5.74, 6) is 0.455. The van der Waals surface area contributed by atoms with Crippen LogP contribution in [-0.4, -0.2) is 11.6 Å². The minimum absolute atomic E-state index is 0.0538. The van der Waals surface area contributed by atoms with E-state index in [0.29, 0.717) is 17.1 Å². The van der Waals surface area contributed by atoms with Gasteiger partial charge in [0.2, 0.25) is 0 Å². The third kappa shape index (κ3) is 0.993. The van der Waals surface area contributed by atoms with Crippen LogP contribution in [0.25, 0.3) is 0 Å². The number of hydrogen-bond acceptors (Lipinski definition) is 3. The fourth-order valence-corrected chi connectivity index (χ4v) is 1.26. The molecule has 0 saturated carbocycles. The van der Waals surface area contributed by atoms with Crippen molar-refractivity contribution in [2.75, 3.05) is 0 Å². The number of nitrogens with zero attached hydrogens (tertiary/aromatic N) is 1. The first kappa shape index (κ1) is 7.03. The van der Waals surface area contributed by atoms with E-state index in [1.54, 1.807) is 12.1 Å². The lowest BCUT2D eigenvalue weighted by Gasteiger charge is -2.10. The van der Waals surface area contributed by atoms with Gasteiger partial charge in [0.05, 0.1) is 12.1 Å². The summed E-state index contributed by atoms with van der Waals surface area (Å²) in [6.45, 7) is 0. The topological polar surface area (TPSA) is 55.4 Å². The van der Waals surface area contributed by atoms with Crippen LogP contribution in [-0.2, 0) is 0 Å². The van der Waals surface area contributed by atoms with Gasteiger partial charge in [0.25, 0.3) is 0 Å². The molecular formula is C9H8N2O. The van der Waals surface area contributed by atoms with Gasteiger partial charge in [-0.2, -0.15) is 0 Å². The molecule has 0 amide bonds. The van der Waals surface area contributed by atoms with E-state index in [1.165, 1.54) is 0 Å². The number of amidine groups is 1. The Morgan fingerprint density at radius 1 is 1.33 bits per heavy atom. The molecule has 0 unspecified atom stereocenters. The van der Waals surface area contributed by atoms with Crippen molar-refractivity contribution in [2.24, 2.45) is 10.7 Å². The zero-order valence-corrected chi connectivity index (χ0v) is 6.45. The molecule has 60 valence electrons. The van der Waals surface area contributed by atoms with Crippen molar-refractivity contribution in [2.45, 2.75) is 6.42 Å². The molecule has 2 rings (SSSR count). The Labute approximate surface area is 69.9 Å². The SMILES string of the molecule is NC1=Nc2ccccc2C(=O)C1. The van der Waals surface area contributed by atoms with Gasteiger partial charge in [0.1, 0.15) is 5.84 Å². The minimum Gasteiger partial charge on any atom is -0.387 e. The van der Waals surface area contributed by atoms with Crippen LogP contribution in [0.1, 0.15) is 16.8 Å². The predicted molar refractivity (Wildman–Crippen MR) is 46.7 cm³/mol. The van der Waals surface area contributed by atoms with Gasteiger partial charge in [-0.3, -0.25) is 4.79 Å². The Kier molecular flexibility index (Phi) is 1.43. The molecule has 1 aliphatic rings. The van der Waals surface area contributed by atoms with E-state index < -0.39 is 0 Å². The van der Waals surface area contributed by atoms with E-state index in [0.717, 1.165) is 0 Å². The van der Waals surface area contributed by atoms with Gasteiger partial charge < -0.3 is 5.73 Å². The summed E-state index contributed by atoms with van der Waals surface area (Å²) >= 11 is 0. The Balaban J connectivity index is 2.62. The first-order chi connectivity index (χ1) is 5.77. The molecule has 0 spiro atoms. The van der Waals surface area contributed by atoms with Crippen LogP contribution in [0.4, 0.5) is 5.69 Å². The second-order valence-corrected chi connectivity index (χ2v) is 2.72. The smallest absolute Gasteiger partial charge is 0.172 e. The Hall–Kier alpha value is -1.64. The number of carbonyl (C=O) groups is 1. The van der Waals surface area contributed by atoms with Crippen LogP contribution in [0.15, 0.2) is 29.3 Å². The molecule has 0 bridgehead atoms. The standard InChI is InChI=1S/C9H8N2O/c10-9-5-8(12)6-3-1-2-4-7(6)11-9/h1-4H,5H2,(H2,10,11). The van der Waals surface area contributed by atoms with Crippen LogP contribution in [0.2, 0.25) is 0 Å². The van der Waals surface area contributed by atoms with Crippen LogP contribution in [0.3, 0.4) is 0 Å². The number of ketones is 1. The van der Waals surface area contributed by atoms with Gasteiger partial charge in [0.15, 0.2) is 5.78 Å². The van der Waals surface area contributed by atoms with Crippen molar-refractivity contribution in [3.05, 3.63) is 29.8 Å². The molecule has 1 aromatic carbocycles. The van der Waals surface area contributed by atoms with Crippen molar-refractivity contribution >= 4 is 17.3 Å². The van der Waals surface area contributed by atoms with E-state index in [4.69, 9.17) is 5.73 Å². The van der Waals surface area contributed by atoms with Crippen LogP contribution < -0.4 is 5.73 Å². The third-order valence-electron chi connectivity index (χ3n) is 1.81. The molecule has 1 heterocycles. The second-order valence-electron chi connectivity index (χ2n) is 2.72. The fraction of sp³-hybridized carbons (Fsp3) is 0.111. The number of Topliss-reactive ketones (excluding diaryl/α,β-unsaturated/α-hetero) is 1. The average Bonchev–Trinajstić information content (AvgIpc) is 2.04. The largest absolute Gasteiger partial charge is 0.387 e. The number of carbonyl (C=O) groups excluding carboxylic acids is 1. The molecule has 0 aromatic heterocycles. The number of para-hydroxylation sites is 1. The Morgan fingerprint density at radius 3 is 2.92 bits per heavy atom. The van der Waals surface area contributed by atoms with Crippen molar-refractivity contribution < 1.29 is 4.79 Å². The van der Waals surface area contributed by atoms with Gasteiger partial charge in [0, 0.05) is 5.56 Å². The lowest BCUT2D eigenvalue weighted by Crippen LogP contribution is -2.20. The highest BCUT2D eigenvalue weighted by Crippen LogP contribution is 2.23. The number of fused-ring (bicyclic) bond motifs is 1. The van der Waals surface area contributed by atoms with E-state index in [-0.39, 0.29) is 12.2 Å². The van der Waals surface area contributed by atoms with Gasteiger partial charge in [-0.25, -0.2) is 4.99 Å². The predicted octanol–water partition coefficient (Wildman–Crippen LogP) is 1.26. The van der Waals surface area contributed by atoms with Crippen LogP contribution in [0, 0.1) is 0 Å². The highest BCUT2D eigenvalue weighted by atomic mass is 16.1. The van der Waals surface area contributed by atoms with Gasteiger partial charge in [-0.15, -0.1) is 0 Å². The maximum absolute atomic E-state index is 11.3. The second kappa shape index (κ2) is 2.44. The van der Waals surface area contributed by atoms with E-state index in [2.05, 4.69) is 4.99 Å². The number of hydrogen-bond donors (Lipinski definition) is 1. The summed E-state index contributed by atoms with van der Waals surface area (Å²) in [5.41, 5.74) is 6.83. The maximum atomic E-state index is 11.3. The van der Waals surface area contributed by atoms with Gasteiger partial charge in [-0.1, -0.05) is 12.1 Å². The monoisotopic (exact) mass is 160 g/mol. The van der Waals surface area contributed by atoms with E-state index in [9.17, 15) is 4.79 Å². The summed E-state index contributed by atoms with van der Waals surface area (Å²) < 4.78 is 0. The van der Waals surface area contributed by atoms with Crippen LogP contribution in [0.5, 0.6) is 0 Å².